The molecule has 0 aromatic heterocycles. The highest BCUT2D eigenvalue weighted by Gasteiger charge is 2.18. The minimum absolute atomic E-state index is 0.0682. The lowest BCUT2D eigenvalue weighted by molar-refractivity contribution is 0.599. The summed E-state index contributed by atoms with van der Waals surface area (Å²) in [6, 6.07) is 10.1. The quantitative estimate of drug-likeness (QED) is 0.848. The summed E-state index contributed by atoms with van der Waals surface area (Å²) in [6.07, 6.45) is 0. The molecule has 3 N–H and O–H groups in total. The summed E-state index contributed by atoms with van der Waals surface area (Å²) in [5.41, 5.74) is 6.56. The molecule has 0 heterocycles. The summed E-state index contributed by atoms with van der Waals surface area (Å²) in [6.45, 7) is 1.80. The van der Waals surface area contributed by atoms with Crippen LogP contribution in [-0.4, -0.2) is 8.42 Å². The average molecular weight is 280 g/mol. The Labute approximate surface area is 111 Å². The first-order chi connectivity index (χ1) is 8.90. The molecule has 0 spiro atoms. The number of sulfonamides is 1. The van der Waals surface area contributed by atoms with Crippen LogP contribution in [0.5, 0.6) is 0 Å². The summed E-state index contributed by atoms with van der Waals surface area (Å²) in [5, 5.41) is 0. The maximum absolute atomic E-state index is 13.4. The van der Waals surface area contributed by atoms with Crippen LogP contribution >= 0.6 is 0 Å². The second-order valence-electron chi connectivity index (χ2n) is 4.13. The molecule has 0 saturated heterocycles. The number of halogens is 1. The van der Waals surface area contributed by atoms with Crippen LogP contribution in [0.4, 0.5) is 15.8 Å². The Hall–Kier alpha value is -2.08. The Morgan fingerprint density at radius 3 is 2.47 bits per heavy atom. The van der Waals surface area contributed by atoms with E-state index in [0.29, 0.717) is 0 Å². The van der Waals surface area contributed by atoms with Crippen molar-refractivity contribution < 1.29 is 12.8 Å². The topological polar surface area (TPSA) is 72.2 Å². The van der Waals surface area contributed by atoms with E-state index < -0.39 is 15.8 Å². The largest absolute Gasteiger partial charge is 0.398 e. The first-order valence-electron chi connectivity index (χ1n) is 5.53. The normalized spacial score (nSPS) is 11.3. The summed E-state index contributed by atoms with van der Waals surface area (Å²) in [4.78, 5) is -0.0682. The fourth-order valence-electron chi connectivity index (χ4n) is 1.66. The summed E-state index contributed by atoms with van der Waals surface area (Å²) in [5.74, 6) is -0.642. The predicted octanol–water partition coefficient (Wildman–Crippen LogP) is 2.52. The van der Waals surface area contributed by atoms with Crippen molar-refractivity contribution in [2.45, 2.75) is 11.8 Å². The van der Waals surface area contributed by atoms with Crippen molar-refractivity contribution in [3.8, 4) is 0 Å². The lowest BCUT2D eigenvalue weighted by Gasteiger charge is -2.11. The molecule has 0 fully saturated rings. The van der Waals surface area contributed by atoms with Crippen LogP contribution in [0.1, 0.15) is 5.56 Å². The molecule has 0 unspecified atom stereocenters. The Balaban J connectivity index is 2.41. The lowest BCUT2D eigenvalue weighted by atomic mass is 10.2. The summed E-state index contributed by atoms with van der Waals surface area (Å²) < 4.78 is 39.9. The minimum atomic E-state index is -3.90. The first-order valence-corrected chi connectivity index (χ1v) is 7.02. The molecule has 0 aliphatic heterocycles. The molecule has 2 aromatic carbocycles. The SMILES string of the molecule is Cc1ccc(S(=O)(=O)Nc2ccccc2F)c(N)c1. The van der Waals surface area contributed by atoms with Gasteiger partial charge in [-0.25, -0.2) is 12.8 Å². The lowest BCUT2D eigenvalue weighted by Crippen LogP contribution is -2.15. The van der Waals surface area contributed by atoms with Gasteiger partial charge in [-0.15, -0.1) is 0 Å². The van der Waals surface area contributed by atoms with Gasteiger partial charge in [0.1, 0.15) is 10.7 Å². The van der Waals surface area contributed by atoms with Gasteiger partial charge in [-0.3, -0.25) is 4.72 Å². The van der Waals surface area contributed by atoms with Crippen LogP contribution in [0.3, 0.4) is 0 Å². The van der Waals surface area contributed by atoms with E-state index in [4.69, 9.17) is 5.73 Å². The molecule has 0 bridgehead atoms. The number of aryl methyl sites for hydroxylation is 1. The van der Waals surface area contributed by atoms with E-state index in [1.807, 2.05) is 0 Å². The van der Waals surface area contributed by atoms with E-state index in [1.54, 1.807) is 25.1 Å². The summed E-state index contributed by atoms with van der Waals surface area (Å²) in [7, 11) is -3.90. The van der Waals surface area contributed by atoms with E-state index in [1.165, 1.54) is 24.3 Å². The van der Waals surface area contributed by atoms with E-state index in [0.717, 1.165) is 5.56 Å². The number of anilines is 2. The van der Waals surface area contributed by atoms with Gasteiger partial charge in [0.25, 0.3) is 10.0 Å². The molecule has 19 heavy (non-hydrogen) atoms. The molecule has 0 aliphatic carbocycles. The van der Waals surface area contributed by atoms with Gasteiger partial charge in [0.05, 0.1) is 11.4 Å². The molecule has 0 radical (unpaired) electrons. The van der Waals surface area contributed by atoms with Crippen molar-refractivity contribution in [3.63, 3.8) is 0 Å². The predicted molar refractivity (Wildman–Crippen MR) is 72.8 cm³/mol. The van der Waals surface area contributed by atoms with Crippen molar-refractivity contribution in [1.29, 1.82) is 0 Å². The van der Waals surface area contributed by atoms with Crippen LogP contribution in [0.25, 0.3) is 0 Å². The van der Waals surface area contributed by atoms with Gasteiger partial charge < -0.3 is 5.73 Å². The Morgan fingerprint density at radius 1 is 1.16 bits per heavy atom. The fourth-order valence-corrected chi connectivity index (χ4v) is 2.84. The highest BCUT2D eigenvalue weighted by atomic mass is 32.2. The van der Waals surface area contributed by atoms with Gasteiger partial charge in [0.2, 0.25) is 0 Å². The number of nitrogens with one attached hydrogen (secondary N) is 1. The zero-order valence-electron chi connectivity index (χ0n) is 10.2. The monoisotopic (exact) mass is 280 g/mol. The zero-order valence-corrected chi connectivity index (χ0v) is 11.0. The van der Waals surface area contributed by atoms with E-state index in [2.05, 4.69) is 4.72 Å². The maximum atomic E-state index is 13.4. The number of para-hydroxylation sites is 1. The fraction of sp³-hybridized carbons (Fsp3) is 0.0769. The van der Waals surface area contributed by atoms with Crippen LogP contribution in [0.15, 0.2) is 47.4 Å². The molecule has 100 valence electrons. The van der Waals surface area contributed by atoms with E-state index in [-0.39, 0.29) is 16.3 Å². The van der Waals surface area contributed by atoms with Crippen molar-refractivity contribution in [2.75, 3.05) is 10.5 Å². The number of benzene rings is 2. The number of hydrogen-bond donors (Lipinski definition) is 2. The second kappa shape index (κ2) is 4.89. The smallest absolute Gasteiger partial charge is 0.264 e. The van der Waals surface area contributed by atoms with Crippen molar-refractivity contribution in [3.05, 3.63) is 53.8 Å². The number of hydrogen-bond acceptors (Lipinski definition) is 3. The van der Waals surface area contributed by atoms with Gasteiger partial charge in [0.15, 0.2) is 0 Å². The molecule has 2 aromatic rings. The van der Waals surface area contributed by atoms with Gasteiger partial charge in [-0.2, -0.15) is 0 Å². The number of nitrogen functional groups attached to an aromatic ring is 1. The van der Waals surface area contributed by atoms with Crippen LogP contribution in [0.2, 0.25) is 0 Å². The third-order valence-corrected chi connectivity index (χ3v) is 4.01. The molecular formula is C13H13FN2O2S. The Bertz CT molecular complexity index is 714. The molecule has 0 amide bonds. The molecule has 6 heteroatoms. The third kappa shape index (κ3) is 2.85. The van der Waals surface area contributed by atoms with Crippen LogP contribution in [0, 0.1) is 12.7 Å². The Morgan fingerprint density at radius 2 is 1.84 bits per heavy atom. The Kier molecular flexibility index (Phi) is 3.44. The van der Waals surface area contributed by atoms with Crippen molar-refractivity contribution in [2.24, 2.45) is 0 Å². The van der Waals surface area contributed by atoms with E-state index >= 15 is 0 Å². The number of nitrogens with two attached hydrogens (primary N) is 1. The molecule has 0 aliphatic rings. The van der Waals surface area contributed by atoms with Crippen LogP contribution < -0.4 is 10.5 Å². The second-order valence-corrected chi connectivity index (χ2v) is 5.78. The van der Waals surface area contributed by atoms with Gasteiger partial charge in [-0.05, 0) is 36.8 Å². The van der Waals surface area contributed by atoms with Crippen molar-refractivity contribution >= 4 is 21.4 Å². The third-order valence-electron chi connectivity index (χ3n) is 2.57. The summed E-state index contributed by atoms with van der Waals surface area (Å²) >= 11 is 0. The van der Waals surface area contributed by atoms with E-state index in [9.17, 15) is 12.8 Å². The van der Waals surface area contributed by atoms with Gasteiger partial charge in [-0.1, -0.05) is 18.2 Å². The maximum Gasteiger partial charge on any atom is 0.264 e. The minimum Gasteiger partial charge on any atom is -0.398 e. The highest BCUT2D eigenvalue weighted by Crippen LogP contribution is 2.23. The molecule has 0 atom stereocenters. The van der Waals surface area contributed by atoms with Crippen molar-refractivity contribution in [1.82, 2.24) is 0 Å². The van der Waals surface area contributed by atoms with Gasteiger partial charge in [0, 0.05) is 0 Å². The molecule has 2 rings (SSSR count). The number of rotatable bonds is 3. The highest BCUT2D eigenvalue weighted by molar-refractivity contribution is 7.92. The molecule has 4 nitrogen and oxygen atoms in total. The average Bonchev–Trinajstić information content (AvgIpc) is 2.31. The standard InChI is InChI=1S/C13H13FN2O2S/c1-9-6-7-13(11(15)8-9)19(17,18)16-12-5-3-2-4-10(12)14/h2-8,16H,15H2,1H3. The van der Waals surface area contributed by atoms with Crippen LogP contribution in [-0.2, 0) is 10.0 Å². The van der Waals surface area contributed by atoms with Gasteiger partial charge >= 0.3 is 0 Å². The molecular weight excluding hydrogens is 267 g/mol. The molecule has 0 saturated carbocycles. The first kappa shape index (κ1) is 13.4. The zero-order chi connectivity index (χ0) is 14.0.